The first-order chi connectivity index (χ1) is 11.8. The van der Waals surface area contributed by atoms with E-state index in [9.17, 15) is 4.39 Å². The highest BCUT2D eigenvalue weighted by atomic mass is 19.1. The number of aliphatic imine (C=N–C) groups is 1. The lowest BCUT2D eigenvalue weighted by Gasteiger charge is -2.32. The van der Waals surface area contributed by atoms with Gasteiger partial charge in [0.2, 0.25) is 0 Å². The van der Waals surface area contributed by atoms with Crippen molar-refractivity contribution in [1.82, 2.24) is 4.90 Å². The fourth-order valence-corrected chi connectivity index (χ4v) is 3.39. The number of hydrogen-bond donors (Lipinski definition) is 0. The van der Waals surface area contributed by atoms with Crippen LogP contribution in [0.1, 0.15) is 36.0 Å². The van der Waals surface area contributed by atoms with E-state index in [-0.39, 0.29) is 5.82 Å². The van der Waals surface area contributed by atoms with Crippen LogP contribution in [0.4, 0.5) is 4.39 Å². The van der Waals surface area contributed by atoms with E-state index in [0.717, 1.165) is 30.1 Å². The molecule has 2 nitrogen and oxygen atoms in total. The molecule has 0 amide bonds. The fourth-order valence-electron chi connectivity index (χ4n) is 3.39. The molecule has 2 aromatic carbocycles. The average Bonchev–Trinajstić information content (AvgIpc) is 3.06. The number of rotatable bonds is 1. The zero-order valence-electron chi connectivity index (χ0n) is 13.5. The molecule has 0 radical (unpaired) electrons. The maximum absolute atomic E-state index is 12.9. The van der Waals surface area contributed by atoms with Gasteiger partial charge in [-0.25, -0.2) is 4.39 Å². The van der Waals surface area contributed by atoms with Crippen molar-refractivity contribution in [3.05, 3.63) is 71.0 Å². The van der Waals surface area contributed by atoms with Gasteiger partial charge in [-0.05, 0) is 55.7 Å². The largest absolute Gasteiger partial charge is 0.352 e. The summed E-state index contributed by atoms with van der Waals surface area (Å²) >= 11 is 0. The van der Waals surface area contributed by atoms with Crippen LogP contribution in [0.2, 0.25) is 0 Å². The Morgan fingerprint density at radius 3 is 2.29 bits per heavy atom. The van der Waals surface area contributed by atoms with Crippen LogP contribution in [-0.2, 0) is 0 Å². The van der Waals surface area contributed by atoms with Crippen molar-refractivity contribution < 1.29 is 4.39 Å². The van der Waals surface area contributed by atoms with Gasteiger partial charge in [0, 0.05) is 23.2 Å². The summed E-state index contributed by atoms with van der Waals surface area (Å²) in [6, 6.07) is 15.1. The van der Waals surface area contributed by atoms with E-state index < -0.39 is 0 Å². The van der Waals surface area contributed by atoms with Gasteiger partial charge in [-0.2, -0.15) is 0 Å². The number of amidine groups is 1. The van der Waals surface area contributed by atoms with E-state index in [2.05, 4.69) is 28.9 Å². The molecule has 1 unspecified atom stereocenters. The predicted molar refractivity (Wildman–Crippen MR) is 94.6 cm³/mol. The molecule has 1 atom stereocenters. The van der Waals surface area contributed by atoms with E-state index in [4.69, 9.17) is 4.99 Å². The Labute approximate surface area is 142 Å². The second-order valence-electron chi connectivity index (χ2n) is 6.34. The summed E-state index contributed by atoms with van der Waals surface area (Å²) in [6.45, 7) is 2.05. The van der Waals surface area contributed by atoms with E-state index in [1.54, 1.807) is 12.1 Å². The first-order valence-electron chi connectivity index (χ1n) is 8.49. The van der Waals surface area contributed by atoms with E-state index in [1.807, 2.05) is 12.1 Å². The van der Waals surface area contributed by atoms with Gasteiger partial charge in [-0.1, -0.05) is 24.0 Å². The second-order valence-corrected chi connectivity index (χ2v) is 6.34. The molecular weight excluding hydrogens is 299 g/mol. The van der Waals surface area contributed by atoms with Crippen molar-refractivity contribution in [2.75, 3.05) is 13.1 Å². The monoisotopic (exact) mass is 318 g/mol. The summed E-state index contributed by atoms with van der Waals surface area (Å²) in [5.41, 5.74) is 2.94. The minimum atomic E-state index is -0.238. The van der Waals surface area contributed by atoms with Gasteiger partial charge in [0.1, 0.15) is 11.7 Å². The topological polar surface area (TPSA) is 15.6 Å². The predicted octanol–water partition coefficient (Wildman–Crippen LogP) is 3.84. The van der Waals surface area contributed by atoms with Crippen LogP contribution < -0.4 is 0 Å². The van der Waals surface area contributed by atoms with Crippen molar-refractivity contribution in [1.29, 1.82) is 0 Å². The van der Waals surface area contributed by atoms with Gasteiger partial charge in [0.25, 0.3) is 0 Å². The lowest BCUT2D eigenvalue weighted by molar-refractivity contribution is 0.269. The van der Waals surface area contributed by atoms with Gasteiger partial charge in [-0.15, -0.1) is 0 Å². The van der Waals surface area contributed by atoms with Crippen molar-refractivity contribution in [2.24, 2.45) is 4.99 Å². The van der Waals surface area contributed by atoms with Crippen molar-refractivity contribution in [3.8, 4) is 11.8 Å². The molecule has 0 spiro atoms. The fraction of sp³-hybridized carbons (Fsp3) is 0.286. The number of piperidine rings is 1. The molecular formula is C21H19FN2. The standard InChI is InChI=1S/C21H19FN2/c22-19-12-8-17(9-13-19)5-4-16-6-10-18(11-7-16)21-23-15-20-3-1-2-14-24(20)21/h6-13,20H,1-3,14-15H2. The molecule has 2 aromatic rings. The first kappa shape index (κ1) is 15.0. The van der Waals surface area contributed by atoms with E-state index >= 15 is 0 Å². The Bertz CT molecular complexity index is 810. The molecule has 3 heteroatoms. The Hall–Kier alpha value is -2.60. The normalized spacial score (nSPS) is 19.3. The minimum Gasteiger partial charge on any atom is -0.352 e. The smallest absolute Gasteiger partial charge is 0.131 e. The van der Waals surface area contributed by atoms with E-state index in [1.165, 1.54) is 37.0 Å². The van der Waals surface area contributed by atoms with Crippen LogP contribution in [0.3, 0.4) is 0 Å². The zero-order chi connectivity index (χ0) is 16.4. The van der Waals surface area contributed by atoms with E-state index in [0.29, 0.717) is 6.04 Å². The highest BCUT2D eigenvalue weighted by Crippen LogP contribution is 2.25. The molecule has 2 aliphatic rings. The number of nitrogens with zero attached hydrogens (tertiary/aromatic N) is 2. The van der Waals surface area contributed by atoms with Gasteiger partial charge in [0.05, 0.1) is 12.6 Å². The lowest BCUT2D eigenvalue weighted by atomic mass is 10.0. The minimum absolute atomic E-state index is 0.238. The highest BCUT2D eigenvalue weighted by molar-refractivity contribution is 6.00. The maximum atomic E-state index is 12.9. The van der Waals surface area contributed by atoms with Gasteiger partial charge < -0.3 is 4.90 Å². The van der Waals surface area contributed by atoms with Crippen molar-refractivity contribution in [3.63, 3.8) is 0 Å². The molecule has 0 aliphatic carbocycles. The molecule has 4 rings (SSSR count). The van der Waals surface area contributed by atoms with Crippen molar-refractivity contribution in [2.45, 2.75) is 25.3 Å². The van der Waals surface area contributed by atoms with Crippen LogP contribution in [0.25, 0.3) is 0 Å². The van der Waals surface area contributed by atoms with Crippen LogP contribution >= 0.6 is 0 Å². The lowest BCUT2D eigenvalue weighted by Crippen LogP contribution is -2.40. The molecule has 2 aliphatic heterocycles. The third kappa shape index (κ3) is 3.05. The average molecular weight is 318 g/mol. The summed E-state index contributed by atoms with van der Waals surface area (Å²) in [5, 5.41) is 0. The maximum Gasteiger partial charge on any atom is 0.131 e. The summed E-state index contributed by atoms with van der Waals surface area (Å²) in [7, 11) is 0. The molecule has 1 saturated heterocycles. The summed E-state index contributed by atoms with van der Waals surface area (Å²) < 4.78 is 12.9. The number of halogens is 1. The number of fused-ring (bicyclic) bond motifs is 1. The van der Waals surface area contributed by atoms with Gasteiger partial charge in [-0.3, -0.25) is 4.99 Å². The molecule has 0 saturated carbocycles. The summed E-state index contributed by atoms with van der Waals surface area (Å²) in [5.74, 6) is 7.09. The Morgan fingerprint density at radius 1 is 0.917 bits per heavy atom. The zero-order valence-corrected chi connectivity index (χ0v) is 13.5. The Morgan fingerprint density at radius 2 is 1.58 bits per heavy atom. The third-order valence-electron chi connectivity index (χ3n) is 4.69. The summed E-state index contributed by atoms with van der Waals surface area (Å²) in [6.07, 6.45) is 3.84. The van der Waals surface area contributed by atoms with Crippen LogP contribution in [0, 0.1) is 17.7 Å². The first-order valence-corrected chi connectivity index (χ1v) is 8.49. The van der Waals surface area contributed by atoms with Crippen LogP contribution in [-0.4, -0.2) is 29.9 Å². The molecule has 1 fully saturated rings. The molecule has 0 bridgehead atoms. The van der Waals surface area contributed by atoms with Crippen molar-refractivity contribution >= 4 is 5.84 Å². The molecule has 0 aromatic heterocycles. The van der Waals surface area contributed by atoms with Crippen LogP contribution in [0.15, 0.2) is 53.5 Å². The van der Waals surface area contributed by atoms with Gasteiger partial charge >= 0.3 is 0 Å². The quantitative estimate of drug-likeness (QED) is 0.730. The third-order valence-corrected chi connectivity index (χ3v) is 4.69. The second kappa shape index (κ2) is 6.49. The highest BCUT2D eigenvalue weighted by Gasteiger charge is 2.30. The number of benzene rings is 2. The van der Waals surface area contributed by atoms with Crippen LogP contribution in [0.5, 0.6) is 0 Å². The molecule has 120 valence electrons. The summed E-state index contributed by atoms with van der Waals surface area (Å²) in [4.78, 5) is 7.21. The molecule has 24 heavy (non-hydrogen) atoms. The van der Waals surface area contributed by atoms with Gasteiger partial charge in [0.15, 0.2) is 0 Å². The Balaban J connectivity index is 1.50. The molecule has 2 heterocycles. The number of hydrogen-bond acceptors (Lipinski definition) is 2. The molecule has 0 N–H and O–H groups in total. The Kier molecular flexibility index (Phi) is 4.04. The SMILES string of the molecule is Fc1ccc(C#Cc2ccc(C3=NCC4CCCCN34)cc2)cc1.